The van der Waals surface area contributed by atoms with E-state index in [0.717, 1.165) is 5.69 Å². The highest BCUT2D eigenvalue weighted by atomic mass is 16.6. The minimum Gasteiger partial charge on any atom is -0.484 e. The number of nitro groups is 1. The molecule has 6 nitrogen and oxygen atoms in total. The van der Waals surface area contributed by atoms with Crippen molar-refractivity contribution in [2.75, 3.05) is 18.0 Å². The average molecular weight is 291 g/mol. The summed E-state index contributed by atoms with van der Waals surface area (Å²) in [5.74, 6) is 0.144. The highest BCUT2D eigenvalue weighted by Gasteiger charge is 2.19. The van der Waals surface area contributed by atoms with Crippen LogP contribution in [0.25, 0.3) is 0 Å². The van der Waals surface area contributed by atoms with Gasteiger partial charge in [-0.05, 0) is 33.8 Å². The molecule has 0 saturated heterocycles. The molecule has 0 radical (unpaired) electrons. The fourth-order valence-corrected chi connectivity index (χ4v) is 1.99. The van der Waals surface area contributed by atoms with Gasteiger partial charge in [0.15, 0.2) is 5.75 Å². The van der Waals surface area contributed by atoms with Crippen molar-refractivity contribution >= 4 is 11.4 Å². The summed E-state index contributed by atoms with van der Waals surface area (Å²) in [6, 6.07) is 7.01. The van der Waals surface area contributed by atoms with Gasteiger partial charge in [0.2, 0.25) is 0 Å². The van der Waals surface area contributed by atoms with E-state index >= 15 is 0 Å². The smallest absolute Gasteiger partial charge is 0.311 e. The minimum atomic E-state index is -0.449. The van der Waals surface area contributed by atoms with Crippen LogP contribution in [0.2, 0.25) is 0 Å². The van der Waals surface area contributed by atoms with Crippen LogP contribution in [0, 0.1) is 27.4 Å². The second kappa shape index (κ2) is 7.48. The molecule has 0 aliphatic carbocycles. The average Bonchev–Trinajstić information content (AvgIpc) is 2.43. The Balaban J connectivity index is 3.13. The summed E-state index contributed by atoms with van der Waals surface area (Å²) in [5, 5.41) is 20.0. The maximum absolute atomic E-state index is 11.0. The summed E-state index contributed by atoms with van der Waals surface area (Å²) >= 11 is 0. The van der Waals surface area contributed by atoms with Crippen molar-refractivity contribution in [1.29, 1.82) is 5.26 Å². The Morgan fingerprint density at radius 1 is 1.43 bits per heavy atom. The molecule has 0 aromatic heterocycles. The number of nitriles is 1. The van der Waals surface area contributed by atoms with Crippen molar-refractivity contribution in [2.24, 2.45) is 5.92 Å². The summed E-state index contributed by atoms with van der Waals surface area (Å²) in [6.07, 6.45) is -0.146. The molecule has 1 rings (SSSR count). The standard InChI is InChI=1S/C15H21N3O3/c1-5-17(10-12(4)9-16)13-6-7-14(18(19)20)15(8-13)21-11(2)3/h6-8,11-12H,5,10H2,1-4H3. The molecule has 114 valence electrons. The van der Waals surface area contributed by atoms with Crippen LogP contribution < -0.4 is 9.64 Å². The molecule has 1 aromatic carbocycles. The van der Waals surface area contributed by atoms with E-state index in [0.29, 0.717) is 13.1 Å². The van der Waals surface area contributed by atoms with Crippen molar-refractivity contribution in [3.05, 3.63) is 28.3 Å². The molecule has 0 N–H and O–H groups in total. The largest absolute Gasteiger partial charge is 0.484 e. The zero-order chi connectivity index (χ0) is 16.0. The van der Waals surface area contributed by atoms with Gasteiger partial charge >= 0.3 is 5.69 Å². The third kappa shape index (κ3) is 4.63. The molecule has 1 atom stereocenters. The molecule has 0 aliphatic rings. The van der Waals surface area contributed by atoms with Gasteiger partial charge in [-0.15, -0.1) is 0 Å². The summed E-state index contributed by atoms with van der Waals surface area (Å²) < 4.78 is 5.54. The second-order valence-electron chi connectivity index (χ2n) is 5.14. The molecule has 0 fully saturated rings. The van der Waals surface area contributed by atoms with Crippen LogP contribution in [0.5, 0.6) is 5.75 Å². The van der Waals surface area contributed by atoms with Gasteiger partial charge < -0.3 is 9.64 Å². The highest BCUT2D eigenvalue weighted by molar-refractivity contribution is 5.59. The predicted octanol–water partition coefficient (Wildman–Crippen LogP) is 3.37. The number of rotatable bonds is 7. The number of hydrogen-bond acceptors (Lipinski definition) is 5. The Morgan fingerprint density at radius 2 is 2.10 bits per heavy atom. The van der Waals surface area contributed by atoms with E-state index in [1.165, 1.54) is 6.07 Å². The normalized spacial score (nSPS) is 11.8. The molecular weight excluding hydrogens is 270 g/mol. The van der Waals surface area contributed by atoms with Crippen LogP contribution >= 0.6 is 0 Å². The Kier molecular flexibility index (Phi) is 5.97. The third-order valence-corrected chi connectivity index (χ3v) is 2.96. The van der Waals surface area contributed by atoms with E-state index in [-0.39, 0.29) is 23.5 Å². The van der Waals surface area contributed by atoms with Gasteiger partial charge in [0, 0.05) is 30.9 Å². The van der Waals surface area contributed by atoms with Crippen LogP contribution in [-0.4, -0.2) is 24.1 Å². The lowest BCUT2D eigenvalue weighted by Gasteiger charge is -2.24. The molecule has 21 heavy (non-hydrogen) atoms. The van der Waals surface area contributed by atoms with Gasteiger partial charge in [0.25, 0.3) is 0 Å². The Morgan fingerprint density at radius 3 is 2.57 bits per heavy atom. The van der Waals surface area contributed by atoms with E-state index in [4.69, 9.17) is 10.00 Å². The van der Waals surface area contributed by atoms with Crippen LogP contribution in [0.3, 0.4) is 0 Å². The van der Waals surface area contributed by atoms with Crippen molar-refractivity contribution in [3.8, 4) is 11.8 Å². The number of hydrogen-bond donors (Lipinski definition) is 0. The van der Waals surface area contributed by atoms with Gasteiger partial charge in [0.1, 0.15) is 0 Å². The molecule has 0 heterocycles. The molecule has 0 spiro atoms. The first kappa shape index (κ1) is 16.8. The highest BCUT2D eigenvalue weighted by Crippen LogP contribution is 2.32. The lowest BCUT2D eigenvalue weighted by atomic mass is 10.1. The first-order valence-electron chi connectivity index (χ1n) is 6.98. The molecule has 1 unspecified atom stereocenters. The Labute approximate surface area is 125 Å². The molecule has 0 bridgehead atoms. The molecule has 6 heteroatoms. The maximum Gasteiger partial charge on any atom is 0.311 e. The van der Waals surface area contributed by atoms with E-state index in [1.54, 1.807) is 12.1 Å². The zero-order valence-corrected chi connectivity index (χ0v) is 12.9. The van der Waals surface area contributed by atoms with E-state index in [2.05, 4.69) is 6.07 Å². The first-order chi connectivity index (χ1) is 9.88. The van der Waals surface area contributed by atoms with E-state index in [9.17, 15) is 10.1 Å². The van der Waals surface area contributed by atoms with Gasteiger partial charge in [-0.2, -0.15) is 5.26 Å². The topological polar surface area (TPSA) is 79.4 Å². The number of ether oxygens (including phenoxy) is 1. The van der Waals surface area contributed by atoms with Gasteiger partial charge in [-0.1, -0.05) is 0 Å². The van der Waals surface area contributed by atoms with Crippen LogP contribution in [-0.2, 0) is 0 Å². The van der Waals surface area contributed by atoms with Crippen molar-refractivity contribution in [3.63, 3.8) is 0 Å². The second-order valence-corrected chi connectivity index (χ2v) is 5.14. The van der Waals surface area contributed by atoms with Gasteiger partial charge in [0.05, 0.1) is 23.0 Å². The lowest BCUT2D eigenvalue weighted by Crippen LogP contribution is -2.27. The molecule has 0 aliphatic heterocycles. The fraction of sp³-hybridized carbons (Fsp3) is 0.533. The summed E-state index contributed by atoms with van der Waals surface area (Å²) in [5.41, 5.74) is 0.776. The quantitative estimate of drug-likeness (QED) is 0.568. The van der Waals surface area contributed by atoms with Crippen molar-refractivity contribution in [1.82, 2.24) is 0 Å². The van der Waals surface area contributed by atoms with Gasteiger partial charge in [-0.3, -0.25) is 10.1 Å². The van der Waals surface area contributed by atoms with Gasteiger partial charge in [-0.25, -0.2) is 0 Å². The van der Waals surface area contributed by atoms with E-state index in [1.807, 2.05) is 32.6 Å². The van der Waals surface area contributed by atoms with Crippen molar-refractivity contribution < 1.29 is 9.66 Å². The predicted molar refractivity (Wildman–Crippen MR) is 81.5 cm³/mol. The molecular formula is C15H21N3O3. The van der Waals surface area contributed by atoms with Crippen LogP contribution in [0.4, 0.5) is 11.4 Å². The maximum atomic E-state index is 11.0. The SMILES string of the molecule is CCN(CC(C)C#N)c1ccc([N+](=O)[O-])c(OC(C)C)c1. The molecule has 0 saturated carbocycles. The summed E-state index contributed by atoms with van der Waals surface area (Å²) in [4.78, 5) is 12.6. The Bertz CT molecular complexity index is 537. The third-order valence-electron chi connectivity index (χ3n) is 2.96. The lowest BCUT2D eigenvalue weighted by molar-refractivity contribution is -0.386. The molecule has 1 aromatic rings. The fourth-order valence-electron chi connectivity index (χ4n) is 1.99. The monoisotopic (exact) mass is 291 g/mol. The number of anilines is 1. The number of benzene rings is 1. The van der Waals surface area contributed by atoms with E-state index < -0.39 is 4.92 Å². The minimum absolute atomic E-state index is 0.0446. The number of nitro benzene ring substituents is 1. The van der Waals surface area contributed by atoms with Crippen LogP contribution in [0.15, 0.2) is 18.2 Å². The summed E-state index contributed by atoms with van der Waals surface area (Å²) in [7, 11) is 0. The Hall–Kier alpha value is -2.29. The first-order valence-corrected chi connectivity index (χ1v) is 6.98. The van der Waals surface area contributed by atoms with Crippen LogP contribution in [0.1, 0.15) is 27.7 Å². The summed E-state index contributed by atoms with van der Waals surface area (Å²) in [6.45, 7) is 8.77. The zero-order valence-electron chi connectivity index (χ0n) is 12.9. The van der Waals surface area contributed by atoms with Crippen molar-refractivity contribution in [2.45, 2.75) is 33.8 Å². The number of nitrogens with zero attached hydrogens (tertiary/aromatic N) is 3. The molecule has 0 amide bonds.